The number of nitrogens with one attached hydrogen (secondary N) is 1. The molecule has 8 nitrogen and oxygen atoms in total. The van der Waals surface area contributed by atoms with Crippen LogP contribution in [0.1, 0.15) is 58.4 Å². The molecule has 1 aromatic carbocycles. The van der Waals surface area contributed by atoms with Gasteiger partial charge in [0, 0.05) is 18.3 Å². The Morgan fingerprint density at radius 2 is 1.91 bits per heavy atom. The average molecular weight is 515 g/mol. The molecule has 0 aliphatic heterocycles. The van der Waals surface area contributed by atoms with Gasteiger partial charge >= 0.3 is 5.97 Å². The fraction of sp³-hybridized carbons (Fsp3) is 0.440. The van der Waals surface area contributed by atoms with Gasteiger partial charge in [0.05, 0.1) is 25.0 Å². The minimum atomic E-state index is -0.355. The van der Waals surface area contributed by atoms with Gasteiger partial charge in [-0.25, -0.2) is 4.79 Å². The summed E-state index contributed by atoms with van der Waals surface area (Å²) in [6.45, 7) is 2.10. The second kappa shape index (κ2) is 11.7. The number of carbonyl (C=O) groups is 2. The van der Waals surface area contributed by atoms with Crippen LogP contribution in [0, 0.1) is 0 Å². The predicted octanol–water partition coefficient (Wildman–Crippen LogP) is 4.65. The number of thiophene rings is 1. The lowest BCUT2D eigenvalue weighted by molar-refractivity contribution is -0.113. The monoisotopic (exact) mass is 514 g/mol. The van der Waals surface area contributed by atoms with Crippen molar-refractivity contribution in [3.8, 4) is 5.75 Å². The van der Waals surface area contributed by atoms with Gasteiger partial charge in [0.2, 0.25) is 5.91 Å². The molecular weight excluding hydrogens is 484 g/mol. The maximum absolute atomic E-state index is 12.8. The number of hydrogen-bond donors (Lipinski definition) is 1. The van der Waals surface area contributed by atoms with E-state index in [2.05, 4.69) is 15.5 Å². The third-order valence-corrected chi connectivity index (χ3v) is 8.16. The van der Waals surface area contributed by atoms with E-state index in [4.69, 9.17) is 9.47 Å². The molecular formula is C25H30N4O4S2. The summed E-state index contributed by atoms with van der Waals surface area (Å²) >= 11 is 2.83. The van der Waals surface area contributed by atoms with Crippen LogP contribution in [0.4, 0.5) is 5.00 Å². The topological polar surface area (TPSA) is 95.3 Å². The molecule has 2 aromatic heterocycles. The first kappa shape index (κ1) is 25.2. The predicted molar refractivity (Wildman–Crippen MR) is 138 cm³/mol. The maximum Gasteiger partial charge on any atom is 0.341 e. The first-order valence-corrected chi connectivity index (χ1v) is 13.6. The summed E-state index contributed by atoms with van der Waals surface area (Å²) < 4.78 is 12.4. The number of methoxy groups -OCH3 is 1. The highest BCUT2D eigenvalue weighted by Crippen LogP contribution is 2.38. The fourth-order valence-electron chi connectivity index (χ4n) is 4.09. The van der Waals surface area contributed by atoms with Crippen molar-refractivity contribution in [3.05, 3.63) is 51.7 Å². The van der Waals surface area contributed by atoms with Crippen molar-refractivity contribution in [2.24, 2.45) is 7.05 Å². The number of nitrogens with zero attached hydrogens (tertiary/aromatic N) is 3. The number of amides is 1. The normalized spacial score (nSPS) is 13.1. The van der Waals surface area contributed by atoms with Crippen LogP contribution in [0.3, 0.4) is 0 Å². The Bertz CT molecular complexity index is 1190. The summed E-state index contributed by atoms with van der Waals surface area (Å²) in [7, 11) is 3.54. The van der Waals surface area contributed by atoms with Gasteiger partial charge in [-0.15, -0.1) is 21.5 Å². The molecule has 0 atom stereocenters. The second-order valence-corrected chi connectivity index (χ2v) is 10.4. The SMILES string of the molecule is CCOC(=O)c1c(NC(=O)CSc2nnc(Cc3ccc(OC)cc3)n2C)sc2c1CCCCC2. The van der Waals surface area contributed by atoms with Crippen LogP contribution in [-0.2, 0) is 35.8 Å². The first-order chi connectivity index (χ1) is 17.0. The van der Waals surface area contributed by atoms with E-state index in [1.807, 2.05) is 35.9 Å². The van der Waals surface area contributed by atoms with Crippen molar-refractivity contribution in [3.63, 3.8) is 0 Å². The molecule has 0 saturated carbocycles. The number of benzene rings is 1. The summed E-state index contributed by atoms with van der Waals surface area (Å²) in [6, 6.07) is 7.83. The van der Waals surface area contributed by atoms with Crippen molar-refractivity contribution in [1.82, 2.24) is 14.8 Å². The van der Waals surface area contributed by atoms with Crippen LogP contribution in [0.25, 0.3) is 0 Å². The Labute approximate surface area is 213 Å². The molecule has 1 N–H and O–H groups in total. The number of aryl methyl sites for hydroxylation is 1. The third-order valence-electron chi connectivity index (χ3n) is 5.93. The molecule has 10 heteroatoms. The Kier molecular flexibility index (Phi) is 8.46. The lowest BCUT2D eigenvalue weighted by atomic mass is 10.1. The molecule has 1 aliphatic rings. The third kappa shape index (κ3) is 6.05. The van der Waals surface area contributed by atoms with Crippen LogP contribution in [0.5, 0.6) is 5.75 Å². The van der Waals surface area contributed by atoms with Crippen molar-refractivity contribution >= 4 is 40.0 Å². The summed E-state index contributed by atoms with van der Waals surface area (Å²) in [6.07, 6.45) is 5.71. The highest BCUT2D eigenvalue weighted by Gasteiger charge is 2.26. The van der Waals surface area contributed by atoms with E-state index in [0.29, 0.717) is 28.7 Å². The van der Waals surface area contributed by atoms with E-state index in [9.17, 15) is 9.59 Å². The number of anilines is 1. The summed E-state index contributed by atoms with van der Waals surface area (Å²) in [5.74, 6) is 1.24. The number of aromatic nitrogens is 3. The number of ether oxygens (including phenoxy) is 2. The van der Waals surface area contributed by atoms with Gasteiger partial charge in [0.15, 0.2) is 5.16 Å². The lowest BCUT2D eigenvalue weighted by Crippen LogP contribution is -2.17. The van der Waals surface area contributed by atoms with Gasteiger partial charge in [-0.2, -0.15) is 0 Å². The number of fused-ring (bicyclic) bond motifs is 1. The largest absolute Gasteiger partial charge is 0.497 e. The standard InChI is InChI=1S/C25H30N4O4S2/c1-4-33-24(31)22-18-8-6-5-7-9-19(18)35-23(22)26-21(30)15-34-25-28-27-20(29(25)2)14-16-10-12-17(32-3)13-11-16/h10-13H,4-9,14-15H2,1-3H3,(H,26,30). The average Bonchev–Trinajstić information content (AvgIpc) is 3.28. The summed E-state index contributed by atoms with van der Waals surface area (Å²) in [5.41, 5.74) is 2.68. The van der Waals surface area contributed by atoms with Crippen LogP contribution in [0.15, 0.2) is 29.4 Å². The highest BCUT2D eigenvalue weighted by atomic mass is 32.2. The van der Waals surface area contributed by atoms with Gasteiger partial charge in [0.25, 0.3) is 0 Å². The lowest BCUT2D eigenvalue weighted by Gasteiger charge is -2.08. The van der Waals surface area contributed by atoms with E-state index < -0.39 is 0 Å². The molecule has 3 aromatic rings. The zero-order valence-corrected chi connectivity index (χ0v) is 21.9. The minimum Gasteiger partial charge on any atom is -0.497 e. The molecule has 186 valence electrons. The number of hydrogen-bond acceptors (Lipinski definition) is 8. The summed E-state index contributed by atoms with van der Waals surface area (Å²) in [5, 5.41) is 12.8. The highest BCUT2D eigenvalue weighted by molar-refractivity contribution is 7.99. The Morgan fingerprint density at radius 3 is 2.66 bits per heavy atom. The number of carbonyl (C=O) groups excluding carboxylic acids is 2. The van der Waals surface area contributed by atoms with Crippen LogP contribution >= 0.6 is 23.1 Å². The van der Waals surface area contributed by atoms with Gasteiger partial charge < -0.3 is 19.4 Å². The molecule has 1 amide bonds. The summed E-state index contributed by atoms with van der Waals surface area (Å²) in [4.78, 5) is 26.7. The van der Waals surface area contributed by atoms with Gasteiger partial charge in [-0.3, -0.25) is 4.79 Å². The molecule has 0 radical (unpaired) electrons. The van der Waals surface area contributed by atoms with Crippen LogP contribution in [-0.4, -0.2) is 46.1 Å². The fourth-order valence-corrected chi connectivity index (χ4v) is 6.12. The molecule has 0 spiro atoms. The van der Waals surface area contributed by atoms with E-state index in [-0.39, 0.29) is 17.6 Å². The quantitative estimate of drug-likeness (QED) is 0.252. The van der Waals surface area contributed by atoms with Crippen molar-refractivity contribution < 1.29 is 19.1 Å². The van der Waals surface area contributed by atoms with Crippen LogP contribution in [0.2, 0.25) is 0 Å². The molecule has 0 saturated heterocycles. The second-order valence-electron chi connectivity index (χ2n) is 8.31. The van der Waals surface area contributed by atoms with E-state index in [1.165, 1.54) is 28.0 Å². The first-order valence-electron chi connectivity index (χ1n) is 11.8. The van der Waals surface area contributed by atoms with Crippen molar-refractivity contribution in [2.45, 2.75) is 50.6 Å². The minimum absolute atomic E-state index is 0.166. The molecule has 4 rings (SSSR count). The Morgan fingerprint density at radius 1 is 1.14 bits per heavy atom. The number of thioether (sulfide) groups is 1. The maximum atomic E-state index is 12.8. The van der Waals surface area contributed by atoms with Crippen molar-refractivity contribution in [1.29, 1.82) is 0 Å². The Balaban J connectivity index is 1.41. The van der Waals surface area contributed by atoms with Gasteiger partial charge in [0.1, 0.15) is 16.6 Å². The number of esters is 1. The van der Waals surface area contributed by atoms with E-state index in [0.717, 1.165) is 54.8 Å². The van der Waals surface area contributed by atoms with Crippen LogP contribution < -0.4 is 10.1 Å². The number of rotatable bonds is 9. The zero-order chi connectivity index (χ0) is 24.8. The van der Waals surface area contributed by atoms with Gasteiger partial charge in [-0.05, 0) is 55.9 Å². The molecule has 0 bridgehead atoms. The molecule has 0 fully saturated rings. The molecule has 2 heterocycles. The molecule has 35 heavy (non-hydrogen) atoms. The smallest absolute Gasteiger partial charge is 0.341 e. The Hall–Kier alpha value is -2.85. The zero-order valence-electron chi connectivity index (χ0n) is 20.3. The van der Waals surface area contributed by atoms with E-state index >= 15 is 0 Å². The molecule has 1 aliphatic carbocycles. The van der Waals surface area contributed by atoms with E-state index in [1.54, 1.807) is 14.0 Å². The molecule has 0 unspecified atom stereocenters. The van der Waals surface area contributed by atoms with Gasteiger partial charge in [-0.1, -0.05) is 30.3 Å². The van der Waals surface area contributed by atoms with Crippen molar-refractivity contribution in [2.75, 3.05) is 24.8 Å².